The molecular weight excluding hydrogens is 428 g/mol. The molecule has 0 unspecified atom stereocenters. The van der Waals surface area contributed by atoms with E-state index in [4.69, 9.17) is 5.73 Å². The third kappa shape index (κ3) is 4.94. The molecular formula is C19H21Cl2F3N4O. The van der Waals surface area contributed by atoms with Gasteiger partial charge in [-0.1, -0.05) is 6.07 Å². The summed E-state index contributed by atoms with van der Waals surface area (Å²) in [7, 11) is 0. The van der Waals surface area contributed by atoms with E-state index in [1.807, 2.05) is 6.92 Å². The van der Waals surface area contributed by atoms with Crippen LogP contribution in [0.5, 0.6) is 0 Å². The summed E-state index contributed by atoms with van der Waals surface area (Å²) in [5.41, 5.74) is 8.26. The molecule has 1 amide bonds. The zero-order chi connectivity index (χ0) is 19.9. The lowest BCUT2D eigenvalue weighted by molar-refractivity contribution is -0.147. The number of alkyl halides is 3. The normalized spacial score (nSPS) is 11.1. The van der Waals surface area contributed by atoms with Gasteiger partial charge in [0.2, 0.25) is 5.82 Å². The Balaban J connectivity index is 0.00000210. The molecule has 0 saturated heterocycles. The second-order valence-electron chi connectivity index (χ2n) is 6.63. The number of rotatable bonds is 3. The summed E-state index contributed by atoms with van der Waals surface area (Å²) in [5.74, 6) is -1.42. The number of imidazole rings is 1. The first-order valence-electron chi connectivity index (χ1n) is 8.34. The SMILES string of the molecule is Cc1ccc(N)cc1NC(=O)c1ccc2c(c1)nc(C(F)(F)F)n2C(C)C.Cl.Cl. The van der Waals surface area contributed by atoms with E-state index in [1.54, 1.807) is 32.0 Å². The second-order valence-corrected chi connectivity index (χ2v) is 6.63. The van der Waals surface area contributed by atoms with Crippen LogP contribution in [-0.2, 0) is 6.18 Å². The van der Waals surface area contributed by atoms with Crippen molar-refractivity contribution >= 4 is 53.1 Å². The molecule has 0 atom stereocenters. The van der Waals surface area contributed by atoms with Crippen LogP contribution in [0.15, 0.2) is 36.4 Å². The maximum Gasteiger partial charge on any atom is 0.449 e. The van der Waals surface area contributed by atoms with Crippen LogP contribution in [0.3, 0.4) is 0 Å². The van der Waals surface area contributed by atoms with Gasteiger partial charge >= 0.3 is 6.18 Å². The molecule has 0 aliphatic heterocycles. The summed E-state index contributed by atoms with van der Waals surface area (Å²) in [4.78, 5) is 16.3. The minimum absolute atomic E-state index is 0. The Morgan fingerprint density at radius 3 is 2.38 bits per heavy atom. The van der Waals surface area contributed by atoms with Crippen LogP contribution in [0.4, 0.5) is 24.5 Å². The number of nitrogens with two attached hydrogens (primary N) is 1. The number of carbonyl (C=O) groups is 1. The standard InChI is InChI=1S/C19H19F3N4O.2ClH/c1-10(2)26-16-7-5-12(8-15(16)25-18(26)19(20,21)22)17(27)24-14-9-13(23)6-4-11(14)3;;/h4-10H,23H2,1-3H3,(H,24,27);2*1H. The first-order valence-corrected chi connectivity index (χ1v) is 8.34. The number of nitrogens with zero attached hydrogens (tertiary/aromatic N) is 2. The van der Waals surface area contributed by atoms with Crippen molar-refractivity contribution in [1.82, 2.24) is 9.55 Å². The van der Waals surface area contributed by atoms with E-state index >= 15 is 0 Å². The number of aromatic nitrogens is 2. The average molecular weight is 449 g/mol. The Morgan fingerprint density at radius 2 is 1.79 bits per heavy atom. The van der Waals surface area contributed by atoms with Gasteiger partial charge in [-0.2, -0.15) is 13.2 Å². The van der Waals surface area contributed by atoms with Crippen molar-refractivity contribution < 1.29 is 18.0 Å². The molecule has 2 aromatic carbocycles. The van der Waals surface area contributed by atoms with Crippen molar-refractivity contribution in [3.05, 3.63) is 53.3 Å². The molecule has 0 fully saturated rings. The maximum absolute atomic E-state index is 13.3. The fraction of sp³-hybridized carbons (Fsp3) is 0.263. The summed E-state index contributed by atoms with van der Waals surface area (Å²) >= 11 is 0. The van der Waals surface area contributed by atoms with Crippen LogP contribution in [0.25, 0.3) is 11.0 Å². The topological polar surface area (TPSA) is 72.9 Å². The molecule has 3 aromatic rings. The third-order valence-electron chi connectivity index (χ3n) is 4.23. The molecule has 3 N–H and O–H groups in total. The highest BCUT2D eigenvalue weighted by molar-refractivity contribution is 6.06. The molecule has 5 nitrogen and oxygen atoms in total. The van der Waals surface area contributed by atoms with Gasteiger partial charge < -0.3 is 15.6 Å². The van der Waals surface area contributed by atoms with Gasteiger partial charge in [-0.15, -0.1) is 24.8 Å². The van der Waals surface area contributed by atoms with E-state index in [9.17, 15) is 18.0 Å². The van der Waals surface area contributed by atoms with Crippen LogP contribution in [0.1, 0.15) is 41.6 Å². The number of benzene rings is 2. The monoisotopic (exact) mass is 448 g/mol. The van der Waals surface area contributed by atoms with Crippen molar-refractivity contribution in [3.63, 3.8) is 0 Å². The molecule has 0 spiro atoms. The summed E-state index contributed by atoms with van der Waals surface area (Å²) in [6.45, 7) is 5.12. The van der Waals surface area contributed by atoms with Gasteiger partial charge in [0.15, 0.2) is 0 Å². The van der Waals surface area contributed by atoms with E-state index in [0.717, 1.165) is 10.1 Å². The number of hydrogen-bond donors (Lipinski definition) is 2. The molecule has 10 heteroatoms. The quantitative estimate of drug-likeness (QED) is 0.510. The average Bonchev–Trinajstić information content (AvgIpc) is 2.97. The van der Waals surface area contributed by atoms with Gasteiger partial charge in [0.1, 0.15) is 0 Å². The lowest BCUT2D eigenvalue weighted by Crippen LogP contribution is -2.16. The number of halogens is 5. The van der Waals surface area contributed by atoms with E-state index < -0.39 is 23.9 Å². The summed E-state index contributed by atoms with van der Waals surface area (Å²) in [6, 6.07) is 9.02. The van der Waals surface area contributed by atoms with Crippen molar-refractivity contribution in [2.24, 2.45) is 0 Å². The zero-order valence-electron chi connectivity index (χ0n) is 15.9. The highest BCUT2D eigenvalue weighted by atomic mass is 35.5. The van der Waals surface area contributed by atoms with Crippen molar-refractivity contribution in [1.29, 1.82) is 0 Å². The molecule has 0 radical (unpaired) electrons. The van der Waals surface area contributed by atoms with Gasteiger partial charge in [-0.25, -0.2) is 4.98 Å². The van der Waals surface area contributed by atoms with Gasteiger partial charge in [0.05, 0.1) is 11.0 Å². The number of fused-ring (bicyclic) bond motifs is 1. The van der Waals surface area contributed by atoms with Gasteiger partial charge in [-0.3, -0.25) is 4.79 Å². The van der Waals surface area contributed by atoms with Crippen LogP contribution in [0.2, 0.25) is 0 Å². The molecule has 0 bridgehead atoms. The van der Waals surface area contributed by atoms with Gasteiger partial charge in [-0.05, 0) is 56.7 Å². The summed E-state index contributed by atoms with van der Waals surface area (Å²) < 4.78 is 41.0. The number of anilines is 2. The Kier molecular flexibility index (Phi) is 7.56. The second kappa shape index (κ2) is 8.92. The number of hydrogen-bond acceptors (Lipinski definition) is 3. The number of nitrogens with one attached hydrogen (secondary N) is 1. The molecule has 0 aliphatic rings. The predicted octanol–water partition coefficient (Wildman–Crippen LogP) is 5.62. The number of aryl methyl sites for hydroxylation is 1. The number of amides is 1. The summed E-state index contributed by atoms with van der Waals surface area (Å²) in [5, 5.41) is 2.73. The van der Waals surface area contributed by atoms with Crippen LogP contribution in [-0.4, -0.2) is 15.5 Å². The van der Waals surface area contributed by atoms with Crippen LogP contribution < -0.4 is 11.1 Å². The first-order chi connectivity index (χ1) is 12.6. The summed E-state index contributed by atoms with van der Waals surface area (Å²) in [6.07, 6.45) is -4.58. The minimum Gasteiger partial charge on any atom is -0.399 e. The third-order valence-corrected chi connectivity index (χ3v) is 4.23. The first kappa shape index (κ1) is 24.6. The van der Waals surface area contributed by atoms with E-state index in [2.05, 4.69) is 10.3 Å². The zero-order valence-corrected chi connectivity index (χ0v) is 17.5. The minimum atomic E-state index is -4.58. The van der Waals surface area contributed by atoms with Crippen LogP contribution in [0, 0.1) is 6.92 Å². The molecule has 29 heavy (non-hydrogen) atoms. The molecule has 158 valence electrons. The molecule has 1 heterocycles. The van der Waals surface area contributed by atoms with E-state index in [-0.39, 0.29) is 35.9 Å². The number of carbonyl (C=O) groups excluding carboxylic acids is 1. The van der Waals surface area contributed by atoms with Crippen molar-refractivity contribution in [3.8, 4) is 0 Å². The Bertz CT molecular complexity index is 1030. The molecule has 3 rings (SSSR count). The number of nitrogen functional groups attached to an aromatic ring is 1. The lowest BCUT2D eigenvalue weighted by Gasteiger charge is -2.14. The van der Waals surface area contributed by atoms with Crippen molar-refractivity contribution in [2.75, 3.05) is 11.1 Å². The predicted molar refractivity (Wildman–Crippen MR) is 113 cm³/mol. The molecule has 1 aromatic heterocycles. The Morgan fingerprint density at radius 1 is 1.14 bits per heavy atom. The Hall–Kier alpha value is -2.45. The van der Waals surface area contributed by atoms with Gasteiger partial charge in [0.25, 0.3) is 5.91 Å². The highest BCUT2D eigenvalue weighted by Gasteiger charge is 2.38. The van der Waals surface area contributed by atoms with E-state index in [0.29, 0.717) is 16.9 Å². The maximum atomic E-state index is 13.3. The fourth-order valence-corrected chi connectivity index (χ4v) is 2.93. The largest absolute Gasteiger partial charge is 0.449 e. The molecule has 0 aliphatic carbocycles. The molecule has 0 saturated carbocycles. The van der Waals surface area contributed by atoms with Gasteiger partial charge in [0, 0.05) is 23.0 Å². The van der Waals surface area contributed by atoms with Crippen molar-refractivity contribution in [2.45, 2.75) is 33.0 Å². The smallest absolute Gasteiger partial charge is 0.399 e. The highest BCUT2D eigenvalue weighted by Crippen LogP contribution is 2.34. The fourth-order valence-electron chi connectivity index (χ4n) is 2.93. The van der Waals surface area contributed by atoms with E-state index in [1.165, 1.54) is 18.2 Å². The van der Waals surface area contributed by atoms with Crippen LogP contribution >= 0.6 is 24.8 Å². The Labute approximate surface area is 178 Å². The lowest BCUT2D eigenvalue weighted by atomic mass is 10.1.